The molecule has 0 aliphatic rings. The van der Waals surface area contributed by atoms with Gasteiger partial charge in [0.05, 0.1) is 25.5 Å². The van der Waals surface area contributed by atoms with Crippen LogP contribution >= 0.6 is 15.9 Å². The number of hydrogen-bond acceptors (Lipinski definition) is 4. The summed E-state index contributed by atoms with van der Waals surface area (Å²) < 4.78 is 5.70. The highest BCUT2D eigenvalue weighted by molar-refractivity contribution is 9.10. The second kappa shape index (κ2) is 10.0. The highest BCUT2D eigenvalue weighted by Crippen LogP contribution is 2.27. The van der Waals surface area contributed by atoms with Crippen molar-refractivity contribution in [1.29, 1.82) is 0 Å². The minimum Gasteiger partial charge on any atom is -0.469 e. The molecule has 0 spiro atoms. The fourth-order valence-electron chi connectivity index (χ4n) is 2.90. The number of anilines is 1. The maximum atomic E-state index is 12.8. The minimum atomic E-state index is -0.954. The summed E-state index contributed by atoms with van der Waals surface area (Å²) in [6, 6.07) is 14.4. The first-order valence-corrected chi connectivity index (χ1v) is 9.72. The predicted molar refractivity (Wildman–Crippen MR) is 115 cm³/mol. The van der Waals surface area contributed by atoms with Crippen LogP contribution in [-0.4, -0.2) is 24.9 Å². The van der Waals surface area contributed by atoms with Gasteiger partial charge in [0.25, 0.3) is 0 Å². The van der Waals surface area contributed by atoms with Gasteiger partial charge < -0.3 is 15.4 Å². The van der Waals surface area contributed by atoms with Crippen LogP contribution < -0.4 is 10.6 Å². The molecule has 1 unspecified atom stereocenters. The van der Waals surface area contributed by atoms with Gasteiger partial charge in [0, 0.05) is 10.2 Å². The van der Waals surface area contributed by atoms with Gasteiger partial charge in [-0.2, -0.15) is 0 Å². The second-order valence-corrected chi connectivity index (χ2v) is 7.58. The van der Waals surface area contributed by atoms with E-state index in [0.29, 0.717) is 11.3 Å². The maximum Gasteiger partial charge on any atom is 0.308 e. The quantitative estimate of drug-likeness (QED) is 0.466. The molecule has 0 heterocycles. The Morgan fingerprint density at radius 3 is 2.41 bits per heavy atom. The van der Waals surface area contributed by atoms with E-state index in [9.17, 15) is 14.4 Å². The van der Waals surface area contributed by atoms with E-state index in [-0.39, 0.29) is 24.7 Å². The third kappa shape index (κ3) is 6.29. The standard InChI is InChI=1S/C22H23BrN2O4/c1-4-19(26)24-18-8-6-5-7-15(18)13-20(27)25-22(2,14-21(28)29-3)16-9-11-17(23)12-10-16/h4-12H,1,13-14H2,2-3H3,(H,24,26)(H,25,27). The van der Waals surface area contributed by atoms with Crippen LogP contribution in [0.2, 0.25) is 0 Å². The van der Waals surface area contributed by atoms with Crippen molar-refractivity contribution in [3.63, 3.8) is 0 Å². The van der Waals surface area contributed by atoms with Crippen molar-refractivity contribution in [2.45, 2.75) is 25.3 Å². The zero-order valence-corrected chi connectivity index (χ0v) is 17.9. The molecule has 0 aromatic heterocycles. The molecule has 0 aliphatic heterocycles. The molecule has 1 atom stereocenters. The number of amides is 2. The van der Waals surface area contributed by atoms with Crippen molar-refractivity contribution in [2.24, 2.45) is 0 Å². The lowest BCUT2D eigenvalue weighted by Gasteiger charge is -2.31. The van der Waals surface area contributed by atoms with Crippen molar-refractivity contribution in [3.8, 4) is 0 Å². The Labute approximate surface area is 178 Å². The highest BCUT2D eigenvalue weighted by atomic mass is 79.9. The van der Waals surface area contributed by atoms with Gasteiger partial charge >= 0.3 is 5.97 Å². The lowest BCUT2D eigenvalue weighted by atomic mass is 9.88. The third-order valence-electron chi connectivity index (χ3n) is 4.43. The summed E-state index contributed by atoms with van der Waals surface area (Å²) in [6.07, 6.45) is 1.17. The Kier molecular flexibility index (Phi) is 7.73. The summed E-state index contributed by atoms with van der Waals surface area (Å²) in [5, 5.41) is 5.64. The molecule has 7 heteroatoms. The smallest absolute Gasteiger partial charge is 0.308 e. The second-order valence-electron chi connectivity index (χ2n) is 6.67. The topological polar surface area (TPSA) is 84.5 Å². The van der Waals surface area contributed by atoms with E-state index in [1.54, 1.807) is 31.2 Å². The Bertz CT molecular complexity index is 911. The number of methoxy groups -OCH3 is 1. The van der Waals surface area contributed by atoms with Crippen molar-refractivity contribution < 1.29 is 19.1 Å². The molecule has 2 amide bonds. The van der Waals surface area contributed by atoms with E-state index in [0.717, 1.165) is 16.1 Å². The molecule has 2 aromatic carbocycles. The Morgan fingerprint density at radius 2 is 1.79 bits per heavy atom. The van der Waals surface area contributed by atoms with Crippen molar-refractivity contribution in [1.82, 2.24) is 5.32 Å². The number of carbonyl (C=O) groups excluding carboxylic acids is 3. The van der Waals surface area contributed by atoms with Crippen LogP contribution in [0, 0.1) is 0 Å². The van der Waals surface area contributed by atoms with E-state index in [1.165, 1.54) is 7.11 Å². The Balaban J connectivity index is 2.24. The average molecular weight is 459 g/mol. The maximum absolute atomic E-state index is 12.8. The van der Waals surface area contributed by atoms with Crippen LogP contribution in [0.5, 0.6) is 0 Å². The number of rotatable bonds is 8. The first kappa shape index (κ1) is 22.4. The SMILES string of the molecule is C=CC(=O)Nc1ccccc1CC(=O)NC(C)(CC(=O)OC)c1ccc(Br)cc1. The molecule has 29 heavy (non-hydrogen) atoms. The molecule has 0 aliphatic carbocycles. The summed E-state index contributed by atoms with van der Waals surface area (Å²) in [7, 11) is 1.31. The molecule has 0 saturated carbocycles. The molecular weight excluding hydrogens is 436 g/mol. The van der Waals surface area contributed by atoms with Gasteiger partial charge in [-0.25, -0.2) is 0 Å². The monoisotopic (exact) mass is 458 g/mol. The van der Waals surface area contributed by atoms with Gasteiger partial charge in [0.15, 0.2) is 0 Å². The lowest BCUT2D eigenvalue weighted by Crippen LogP contribution is -2.45. The number of para-hydroxylation sites is 1. The van der Waals surface area contributed by atoms with Crippen molar-refractivity contribution >= 4 is 39.4 Å². The number of carbonyl (C=O) groups is 3. The first-order valence-electron chi connectivity index (χ1n) is 8.92. The molecule has 2 aromatic rings. The van der Waals surface area contributed by atoms with E-state index >= 15 is 0 Å². The molecule has 2 rings (SSSR count). The zero-order chi connectivity index (χ0) is 21.4. The lowest BCUT2D eigenvalue weighted by molar-refractivity contribution is -0.142. The van der Waals surface area contributed by atoms with Gasteiger partial charge in [0.2, 0.25) is 11.8 Å². The number of esters is 1. The van der Waals surface area contributed by atoms with Crippen LogP contribution in [0.4, 0.5) is 5.69 Å². The summed E-state index contributed by atoms with van der Waals surface area (Å²) in [4.78, 5) is 36.4. The van der Waals surface area contributed by atoms with Gasteiger partial charge in [-0.15, -0.1) is 0 Å². The summed E-state index contributed by atoms with van der Waals surface area (Å²) in [5.74, 6) is -1.09. The van der Waals surface area contributed by atoms with Crippen LogP contribution in [0.25, 0.3) is 0 Å². The fraction of sp³-hybridized carbons (Fsp3) is 0.227. The van der Waals surface area contributed by atoms with Gasteiger partial charge in [-0.05, 0) is 42.3 Å². The number of benzene rings is 2. The molecule has 0 bridgehead atoms. The summed E-state index contributed by atoms with van der Waals surface area (Å²) >= 11 is 3.38. The summed E-state index contributed by atoms with van der Waals surface area (Å²) in [6.45, 7) is 5.21. The van der Waals surface area contributed by atoms with Crippen LogP contribution in [-0.2, 0) is 31.1 Å². The molecule has 0 radical (unpaired) electrons. The van der Waals surface area contributed by atoms with Gasteiger partial charge in [-0.3, -0.25) is 14.4 Å². The minimum absolute atomic E-state index is 0.0221. The average Bonchev–Trinajstić information content (AvgIpc) is 2.69. The van der Waals surface area contributed by atoms with Crippen LogP contribution in [0.3, 0.4) is 0 Å². The first-order chi connectivity index (χ1) is 13.8. The number of nitrogens with one attached hydrogen (secondary N) is 2. The number of hydrogen-bond donors (Lipinski definition) is 2. The number of halogens is 1. The fourth-order valence-corrected chi connectivity index (χ4v) is 3.17. The molecule has 0 fully saturated rings. The van der Waals surface area contributed by atoms with Crippen LogP contribution in [0.15, 0.2) is 65.7 Å². The van der Waals surface area contributed by atoms with Gasteiger partial charge in [-0.1, -0.05) is 52.8 Å². The number of ether oxygens (including phenoxy) is 1. The van der Waals surface area contributed by atoms with Gasteiger partial charge in [0.1, 0.15) is 0 Å². The Morgan fingerprint density at radius 1 is 1.14 bits per heavy atom. The van der Waals surface area contributed by atoms with Crippen molar-refractivity contribution in [3.05, 3.63) is 76.8 Å². The highest BCUT2D eigenvalue weighted by Gasteiger charge is 2.32. The normalized spacial score (nSPS) is 12.4. The van der Waals surface area contributed by atoms with E-state index in [4.69, 9.17) is 4.74 Å². The Hall–Kier alpha value is -2.93. The largest absolute Gasteiger partial charge is 0.469 e. The molecule has 152 valence electrons. The zero-order valence-electron chi connectivity index (χ0n) is 16.3. The summed E-state index contributed by atoms with van der Waals surface area (Å²) in [5.41, 5.74) is 1.000. The molecule has 0 saturated heterocycles. The van der Waals surface area contributed by atoms with E-state index in [2.05, 4.69) is 33.1 Å². The predicted octanol–water partition coefficient (Wildman–Crippen LogP) is 3.71. The molecular formula is C22H23BrN2O4. The van der Waals surface area contributed by atoms with E-state index < -0.39 is 11.5 Å². The van der Waals surface area contributed by atoms with Crippen LogP contribution in [0.1, 0.15) is 24.5 Å². The third-order valence-corrected chi connectivity index (χ3v) is 4.96. The van der Waals surface area contributed by atoms with Crippen molar-refractivity contribution in [2.75, 3.05) is 12.4 Å². The van der Waals surface area contributed by atoms with E-state index in [1.807, 2.05) is 24.3 Å². The molecule has 2 N–H and O–H groups in total. The molecule has 6 nitrogen and oxygen atoms in total.